The first-order valence-electron chi connectivity index (χ1n) is 7.79. The van der Waals surface area contributed by atoms with Crippen LogP contribution in [-0.4, -0.2) is 95.3 Å². The van der Waals surface area contributed by atoms with E-state index in [1.54, 1.807) is 0 Å². The van der Waals surface area contributed by atoms with Crippen LogP contribution in [0.2, 0.25) is 0 Å². The lowest BCUT2D eigenvalue weighted by atomic mass is 10.00. The molecule has 2 aliphatic heterocycles. The third-order valence-electron chi connectivity index (χ3n) is 4.37. The molecule has 11 heteroatoms. The number of alkyl halides is 4. The fourth-order valence-corrected chi connectivity index (χ4v) is 3.00. The van der Waals surface area contributed by atoms with Crippen molar-refractivity contribution in [1.29, 1.82) is 0 Å². The zero-order valence-corrected chi connectivity index (χ0v) is 13.3. The Balaban J connectivity index is 2.00. The van der Waals surface area contributed by atoms with Crippen molar-refractivity contribution in [3.63, 3.8) is 0 Å². The van der Waals surface area contributed by atoms with Crippen LogP contribution < -0.4 is 0 Å². The number of likely N-dealkylation sites (tertiary alicyclic amines) is 2. The molecule has 2 fully saturated rings. The Morgan fingerprint density at radius 1 is 0.880 bits per heavy atom. The van der Waals surface area contributed by atoms with Crippen molar-refractivity contribution in [1.82, 2.24) is 9.80 Å². The molecule has 2 aliphatic rings. The maximum atomic E-state index is 14.1. The Morgan fingerprint density at radius 3 is 1.52 bits per heavy atom. The van der Waals surface area contributed by atoms with Crippen LogP contribution in [-0.2, 0) is 14.3 Å². The van der Waals surface area contributed by atoms with E-state index >= 15 is 0 Å². The highest BCUT2D eigenvalue weighted by atomic mass is 19.3. The van der Waals surface area contributed by atoms with Gasteiger partial charge in [-0.3, -0.25) is 9.59 Å². The van der Waals surface area contributed by atoms with Gasteiger partial charge in [0.25, 0.3) is 11.8 Å². The van der Waals surface area contributed by atoms with E-state index in [4.69, 9.17) is 14.9 Å². The van der Waals surface area contributed by atoms with Crippen LogP contribution in [0.4, 0.5) is 17.6 Å². The number of rotatable bonds is 4. The van der Waals surface area contributed by atoms with Crippen molar-refractivity contribution in [2.24, 2.45) is 0 Å². The van der Waals surface area contributed by atoms with Crippen molar-refractivity contribution in [3.05, 3.63) is 0 Å². The summed E-state index contributed by atoms with van der Waals surface area (Å²) in [6, 6.07) is 0. The third kappa shape index (κ3) is 4.39. The first kappa shape index (κ1) is 19.9. The lowest BCUT2D eigenvalue weighted by Crippen LogP contribution is -2.60. The van der Waals surface area contributed by atoms with Crippen molar-refractivity contribution >= 4 is 11.8 Å². The van der Waals surface area contributed by atoms with Crippen molar-refractivity contribution in [2.75, 3.05) is 39.4 Å². The SMILES string of the molecule is O=C(CO)N1CCC(OC2CCN(C(=O)CO)CC2(F)F)C(F)(F)C1. The number of hydrogen-bond acceptors (Lipinski definition) is 5. The number of piperidine rings is 2. The Bertz CT molecular complexity index is 475. The number of ether oxygens (including phenoxy) is 1. The molecule has 0 saturated carbocycles. The molecule has 0 aromatic rings. The Kier molecular flexibility index (Phi) is 5.89. The summed E-state index contributed by atoms with van der Waals surface area (Å²) in [6.45, 7) is -4.09. The minimum Gasteiger partial charge on any atom is -0.387 e. The van der Waals surface area contributed by atoms with Crippen LogP contribution in [0.3, 0.4) is 0 Å². The van der Waals surface area contributed by atoms with Crippen LogP contribution in [0.25, 0.3) is 0 Å². The summed E-state index contributed by atoms with van der Waals surface area (Å²) in [5.41, 5.74) is 0. The molecule has 0 spiro atoms. The van der Waals surface area contributed by atoms with Crippen LogP contribution in [0.1, 0.15) is 12.8 Å². The van der Waals surface area contributed by atoms with Gasteiger partial charge in [0.05, 0.1) is 13.1 Å². The average molecular weight is 372 g/mol. The molecule has 25 heavy (non-hydrogen) atoms. The van der Waals surface area contributed by atoms with Crippen molar-refractivity contribution in [3.8, 4) is 0 Å². The molecule has 0 aromatic carbocycles. The normalized spacial score (nSPS) is 28.7. The van der Waals surface area contributed by atoms with Gasteiger partial charge in [0.15, 0.2) is 0 Å². The van der Waals surface area contributed by atoms with Crippen LogP contribution in [0, 0.1) is 0 Å². The summed E-state index contributed by atoms with van der Waals surface area (Å²) in [5.74, 6) is -8.78. The van der Waals surface area contributed by atoms with Gasteiger partial charge in [0.1, 0.15) is 25.4 Å². The molecule has 2 saturated heterocycles. The van der Waals surface area contributed by atoms with E-state index in [-0.39, 0.29) is 25.9 Å². The highest BCUT2D eigenvalue weighted by molar-refractivity contribution is 5.77. The molecule has 144 valence electrons. The van der Waals surface area contributed by atoms with Crippen molar-refractivity contribution < 1.29 is 42.1 Å². The molecular formula is C14H20F4N2O5. The Hall–Kier alpha value is -1.46. The number of halogens is 4. The number of carbonyl (C=O) groups is 2. The van der Waals surface area contributed by atoms with Gasteiger partial charge >= 0.3 is 0 Å². The van der Waals surface area contributed by atoms with Gasteiger partial charge in [0.2, 0.25) is 11.8 Å². The molecule has 0 aromatic heterocycles. The van der Waals surface area contributed by atoms with Gasteiger partial charge in [-0.25, -0.2) is 17.6 Å². The van der Waals surface area contributed by atoms with E-state index in [0.29, 0.717) is 0 Å². The second kappa shape index (κ2) is 7.42. The zero-order chi connectivity index (χ0) is 18.8. The van der Waals surface area contributed by atoms with E-state index in [1.807, 2.05) is 0 Å². The quantitative estimate of drug-likeness (QED) is 0.647. The Morgan fingerprint density at radius 2 is 1.24 bits per heavy atom. The van der Waals surface area contributed by atoms with E-state index in [2.05, 4.69) is 0 Å². The second-order valence-electron chi connectivity index (χ2n) is 6.16. The smallest absolute Gasteiger partial charge is 0.290 e. The van der Waals surface area contributed by atoms with Gasteiger partial charge in [-0.1, -0.05) is 0 Å². The lowest BCUT2D eigenvalue weighted by Gasteiger charge is -2.43. The van der Waals surface area contributed by atoms with E-state index in [1.165, 1.54) is 0 Å². The van der Waals surface area contributed by atoms with Gasteiger partial charge in [-0.15, -0.1) is 0 Å². The molecule has 2 unspecified atom stereocenters. The second-order valence-corrected chi connectivity index (χ2v) is 6.16. The number of amides is 2. The first-order chi connectivity index (χ1) is 11.6. The first-order valence-corrected chi connectivity index (χ1v) is 7.79. The average Bonchev–Trinajstić information content (AvgIpc) is 2.55. The fraction of sp³-hybridized carbons (Fsp3) is 0.857. The highest BCUT2D eigenvalue weighted by Crippen LogP contribution is 2.36. The Labute approximate surface area is 141 Å². The summed E-state index contributed by atoms with van der Waals surface area (Å²) < 4.78 is 61.5. The standard InChI is InChI=1S/C14H20F4N2O5/c15-13(16)7-19(11(23)5-21)3-1-9(13)25-10-2-4-20(12(24)6-22)8-14(10,17)18/h9-10,21-22H,1-8H2. The van der Waals surface area contributed by atoms with E-state index in [0.717, 1.165) is 9.80 Å². The maximum absolute atomic E-state index is 14.1. The summed E-state index contributed by atoms with van der Waals surface area (Å²) in [5, 5.41) is 17.5. The number of nitrogens with zero attached hydrogens (tertiary/aromatic N) is 2. The minimum atomic E-state index is -3.53. The molecule has 2 amide bonds. The van der Waals surface area contributed by atoms with Crippen molar-refractivity contribution in [2.45, 2.75) is 36.9 Å². The molecular weight excluding hydrogens is 352 g/mol. The topological polar surface area (TPSA) is 90.3 Å². The molecule has 0 aliphatic carbocycles. The summed E-state index contributed by atoms with van der Waals surface area (Å²) in [4.78, 5) is 24.1. The monoisotopic (exact) mass is 372 g/mol. The summed E-state index contributed by atoms with van der Waals surface area (Å²) in [7, 11) is 0. The lowest BCUT2D eigenvalue weighted by molar-refractivity contribution is -0.244. The number of carbonyl (C=O) groups excluding carboxylic acids is 2. The third-order valence-corrected chi connectivity index (χ3v) is 4.37. The molecule has 2 N–H and O–H groups in total. The van der Waals surface area contributed by atoms with Gasteiger partial charge in [-0.05, 0) is 12.8 Å². The number of aliphatic hydroxyl groups is 2. The van der Waals surface area contributed by atoms with E-state index < -0.39 is 62.2 Å². The molecule has 0 bridgehead atoms. The number of hydrogen-bond donors (Lipinski definition) is 2. The van der Waals surface area contributed by atoms with Crippen LogP contribution in [0.15, 0.2) is 0 Å². The molecule has 7 nitrogen and oxygen atoms in total. The summed E-state index contributed by atoms with van der Waals surface area (Å²) in [6.07, 6.45) is -4.26. The largest absolute Gasteiger partial charge is 0.387 e. The number of aliphatic hydroxyl groups excluding tert-OH is 2. The molecule has 2 heterocycles. The molecule has 2 atom stereocenters. The summed E-state index contributed by atoms with van der Waals surface area (Å²) >= 11 is 0. The minimum absolute atomic E-state index is 0.132. The van der Waals surface area contributed by atoms with Gasteiger partial charge < -0.3 is 24.7 Å². The predicted octanol–water partition coefficient (Wildman–Crippen LogP) is -0.540. The van der Waals surface area contributed by atoms with E-state index in [9.17, 15) is 27.2 Å². The highest BCUT2D eigenvalue weighted by Gasteiger charge is 2.53. The van der Waals surface area contributed by atoms with Gasteiger partial charge in [0, 0.05) is 13.1 Å². The molecule has 2 rings (SSSR count). The van der Waals surface area contributed by atoms with Gasteiger partial charge in [-0.2, -0.15) is 0 Å². The predicted molar refractivity (Wildman–Crippen MR) is 75.1 cm³/mol. The van der Waals surface area contributed by atoms with Crippen LogP contribution >= 0.6 is 0 Å². The van der Waals surface area contributed by atoms with Crippen LogP contribution in [0.5, 0.6) is 0 Å². The molecule has 0 radical (unpaired) electrons. The zero-order valence-electron chi connectivity index (χ0n) is 13.3. The fourth-order valence-electron chi connectivity index (χ4n) is 3.00. The maximum Gasteiger partial charge on any atom is 0.290 e.